The first-order chi connectivity index (χ1) is 8.13. The van der Waals surface area contributed by atoms with Crippen LogP contribution >= 0.6 is 11.6 Å². The molecule has 1 heterocycles. The van der Waals surface area contributed by atoms with Crippen molar-refractivity contribution in [2.24, 2.45) is 11.1 Å². The normalized spacial score (nSPS) is 17.3. The van der Waals surface area contributed by atoms with E-state index >= 15 is 0 Å². The van der Waals surface area contributed by atoms with Gasteiger partial charge in [-0.3, -0.25) is 10.1 Å². The fourth-order valence-corrected chi connectivity index (χ4v) is 2.17. The third-order valence-electron chi connectivity index (χ3n) is 3.26. The molecule has 5 nitrogen and oxygen atoms in total. The quantitative estimate of drug-likeness (QED) is 0.800. The number of anilines is 1. The van der Waals surface area contributed by atoms with Gasteiger partial charge in [0, 0.05) is 12.6 Å². The largest absolute Gasteiger partial charge is 0.330 e. The summed E-state index contributed by atoms with van der Waals surface area (Å²) in [6, 6.07) is 1.56. The molecule has 1 aliphatic rings. The van der Waals surface area contributed by atoms with Gasteiger partial charge in [0.2, 0.25) is 11.9 Å². The fourth-order valence-electron chi connectivity index (χ4n) is 2.04. The number of rotatable bonds is 4. The minimum atomic E-state index is -0.0996. The molecule has 17 heavy (non-hydrogen) atoms. The van der Waals surface area contributed by atoms with Gasteiger partial charge in [-0.2, -0.15) is 0 Å². The van der Waals surface area contributed by atoms with Gasteiger partial charge < -0.3 is 5.73 Å². The van der Waals surface area contributed by atoms with Crippen molar-refractivity contribution >= 4 is 23.5 Å². The van der Waals surface area contributed by atoms with Gasteiger partial charge in [0.05, 0.1) is 0 Å². The van der Waals surface area contributed by atoms with Crippen LogP contribution in [0.3, 0.4) is 0 Å². The van der Waals surface area contributed by atoms with Crippen LogP contribution in [-0.4, -0.2) is 22.4 Å². The lowest BCUT2D eigenvalue weighted by Gasteiger charge is -2.40. The minimum Gasteiger partial charge on any atom is -0.330 e. The fraction of sp³-hybridized carbons (Fsp3) is 0.545. The second-order valence-electron chi connectivity index (χ2n) is 4.49. The number of halogens is 1. The first-order valence-electron chi connectivity index (χ1n) is 5.62. The van der Waals surface area contributed by atoms with E-state index in [1.807, 2.05) is 0 Å². The van der Waals surface area contributed by atoms with Crippen LogP contribution in [0.25, 0.3) is 0 Å². The average Bonchev–Trinajstić information content (AvgIpc) is 2.23. The van der Waals surface area contributed by atoms with Crippen LogP contribution < -0.4 is 11.1 Å². The smallest absolute Gasteiger partial charge is 0.230 e. The molecule has 1 fully saturated rings. The molecule has 0 atom stereocenters. The Bertz CT molecular complexity index is 414. The molecule has 3 N–H and O–H groups in total. The van der Waals surface area contributed by atoms with E-state index < -0.39 is 0 Å². The lowest BCUT2D eigenvalue weighted by Crippen LogP contribution is -2.40. The van der Waals surface area contributed by atoms with Gasteiger partial charge in [0.15, 0.2) is 0 Å². The van der Waals surface area contributed by atoms with E-state index in [1.54, 1.807) is 6.07 Å². The third kappa shape index (κ3) is 2.92. The molecular weight excluding hydrogens is 240 g/mol. The summed E-state index contributed by atoms with van der Waals surface area (Å²) in [5, 5.41) is 2.95. The summed E-state index contributed by atoms with van der Waals surface area (Å²) in [5.74, 6) is 0.145. The molecule has 0 saturated heterocycles. The van der Waals surface area contributed by atoms with Gasteiger partial charge in [-0.05, 0) is 30.9 Å². The second kappa shape index (κ2) is 4.98. The van der Waals surface area contributed by atoms with Crippen molar-refractivity contribution in [2.45, 2.75) is 25.7 Å². The van der Waals surface area contributed by atoms with Gasteiger partial charge in [0.25, 0.3) is 0 Å². The minimum absolute atomic E-state index is 0.0113. The van der Waals surface area contributed by atoms with Gasteiger partial charge in [-0.25, -0.2) is 9.97 Å². The molecule has 1 amide bonds. The SMILES string of the molecule is NCC1(CC(=O)Nc2nccc(Cl)n2)CCC1. The Morgan fingerprint density at radius 1 is 1.59 bits per heavy atom. The Labute approximate surface area is 105 Å². The molecule has 1 saturated carbocycles. The first kappa shape index (κ1) is 12.3. The Kier molecular flexibility index (Phi) is 3.59. The number of nitrogens with two attached hydrogens (primary N) is 1. The molecule has 92 valence electrons. The van der Waals surface area contributed by atoms with Crippen LogP contribution in [0.1, 0.15) is 25.7 Å². The Morgan fingerprint density at radius 3 is 2.88 bits per heavy atom. The highest BCUT2D eigenvalue weighted by atomic mass is 35.5. The molecule has 0 unspecified atom stereocenters. The van der Waals surface area contributed by atoms with E-state index in [4.69, 9.17) is 17.3 Å². The first-order valence-corrected chi connectivity index (χ1v) is 6.00. The summed E-state index contributed by atoms with van der Waals surface area (Å²) in [6.07, 6.45) is 5.13. The highest BCUT2D eigenvalue weighted by Gasteiger charge is 2.37. The zero-order valence-electron chi connectivity index (χ0n) is 9.45. The molecule has 0 bridgehead atoms. The van der Waals surface area contributed by atoms with Crippen LogP contribution in [0.15, 0.2) is 12.3 Å². The predicted octanol–water partition coefficient (Wildman–Crippen LogP) is 1.59. The molecule has 2 rings (SSSR count). The summed E-state index contributed by atoms with van der Waals surface area (Å²) in [6.45, 7) is 0.552. The standard InChI is InChI=1S/C11H15ClN4O/c12-8-2-5-14-10(15-8)16-9(17)6-11(7-13)3-1-4-11/h2,5H,1,3-4,6-7,13H2,(H,14,15,16,17). The topological polar surface area (TPSA) is 80.9 Å². The van der Waals surface area contributed by atoms with Gasteiger partial charge in [-0.1, -0.05) is 18.0 Å². The van der Waals surface area contributed by atoms with Crippen molar-refractivity contribution in [1.82, 2.24) is 9.97 Å². The molecule has 1 aliphatic carbocycles. The van der Waals surface area contributed by atoms with Crippen LogP contribution in [-0.2, 0) is 4.79 Å². The number of aromatic nitrogens is 2. The highest BCUT2D eigenvalue weighted by Crippen LogP contribution is 2.42. The Hall–Kier alpha value is -1.20. The van der Waals surface area contributed by atoms with E-state index in [2.05, 4.69) is 15.3 Å². The average molecular weight is 255 g/mol. The van der Waals surface area contributed by atoms with Crippen molar-refractivity contribution in [3.05, 3.63) is 17.4 Å². The number of carbonyl (C=O) groups is 1. The predicted molar refractivity (Wildman–Crippen MR) is 65.6 cm³/mol. The summed E-state index contributed by atoms with van der Waals surface area (Å²) < 4.78 is 0. The maximum Gasteiger partial charge on any atom is 0.230 e. The van der Waals surface area contributed by atoms with Crippen molar-refractivity contribution in [3.8, 4) is 0 Å². The zero-order chi connectivity index (χ0) is 12.3. The molecule has 0 aromatic carbocycles. The number of nitrogens with one attached hydrogen (secondary N) is 1. The van der Waals surface area contributed by atoms with Crippen LogP contribution in [0, 0.1) is 5.41 Å². The molecule has 6 heteroatoms. The summed E-state index contributed by atoms with van der Waals surface area (Å²) in [5.41, 5.74) is 5.69. The van der Waals surface area contributed by atoms with Crippen LogP contribution in [0.4, 0.5) is 5.95 Å². The lowest BCUT2D eigenvalue weighted by atomic mass is 9.66. The second-order valence-corrected chi connectivity index (χ2v) is 4.87. The van der Waals surface area contributed by atoms with E-state index in [0.717, 1.165) is 19.3 Å². The summed E-state index contributed by atoms with van der Waals surface area (Å²) in [7, 11) is 0. The number of amides is 1. The van der Waals surface area contributed by atoms with Crippen molar-refractivity contribution < 1.29 is 4.79 Å². The zero-order valence-corrected chi connectivity index (χ0v) is 10.2. The molecule has 0 radical (unpaired) electrons. The van der Waals surface area contributed by atoms with Crippen LogP contribution in [0.2, 0.25) is 5.15 Å². The van der Waals surface area contributed by atoms with Crippen molar-refractivity contribution in [2.75, 3.05) is 11.9 Å². The number of hydrogen-bond acceptors (Lipinski definition) is 4. The summed E-state index contributed by atoms with van der Waals surface area (Å²) >= 11 is 5.70. The van der Waals surface area contributed by atoms with Crippen molar-refractivity contribution in [1.29, 1.82) is 0 Å². The maximum atomic E-state index is 11.8. The molecule has 0 aliphatic heterocycles. The van der Waals surface area contributed by atoms with E-state index in [0.29, 0.717) is 18.1 Å². The Morgan fingerprint density at radius 2 is 2.35 bits per heavy atom. The highest BCUT2D eigenvalue weighted by molar-refractivity contribution is 6.29. The summed E-state index contributed by atoms with van der Waals surface area (Å²) in [4.78, 5) is 19.6. The van der Waals surface area contributed by atoms with Crippen LogP contribution in [0.5, 0.6) is 0 Å². The number of carbonyl (C=O) groups excluding carboxylic acids is 1. The molecule has 1 aromatic rings. The monoisotopic (exact) mass is 254 g/mol. The number of nitrogens with zero attached hydrogens (tertiary/aromatic N) is 2. The molecule has 1 aromatic heterocycles. The molecular formula is C11H15ClN4O. The van der Waals surface area contributed by atoms with Crippen molar-refractivity contribution in [3.63, 3.8) is 0 Å². The van der Waals surface area contributed by atoms with E-state index in [-0.39, 0.29) is 17.3 Å². The van der Waals surface area contributed by atoms with Gasteiger partial charge in [-0.15, -0.1) is 0 Å². The Balaban J connectivity index is 1.93. The maximum absolute atomic E-state index is 11.8. The molecule has 0 spiro atoms. The number of hydrogen-bond donors (Lipinski definition) is 2. The lowest BCUT2D eigenvalue weighted by molar-refractivity contribution is -0.119. The van der Waals surface area contributed by atoms with E-state index in [1.165, 1.54) is 6.20 Å². The van der Waals surface area contributed by atoms with Gasteiger partial charge >= 0.3 is 0 Å². The van der Waals surface area contributed by atoms with Gasteiger partial charge in [0.1, 0.15) is 5.15 Å². The third-order valence-corrected chi connectivity index (χ3v) is 3.47. The van der Waals surface area contributed by atoms with E-state index in [9.17, 15) is 4.79 Å².